The van der Waals surface area contributed by atoms with E-state index in [2.05, 4.69) is 5.32 Å². The molecule has 0 spiro atoms. The van der Waals surface area contributed by atoms with Gasteiger partial charge in [-0.15, -0.1) is 12.4 Å². The number of nitrogens with zero attached hydrogens (tertiary/aromatic N) is 1. The zero-order valence-corrected chi connectivity index (χ0v) is 10.5. The number of aliphatic carboxylic acids is 1. The summed E-state index contributed by atoms with van der Waals surface area (Å²) in [4.78, 5) is 23.3. The van der Waals surface area contributed by atoms with E-state index in [0.717, 1.165) is 18.7 Å². The molecule has 2 N–H and O–H groups in total. The molecule has 0 saturated carbocycles. The number of aromatic nitrogens is 1. The van der Waals surface area contributed by atoms with Crippen molar-refractivity contribution < 1.29 is 9.90 Å². The predicted molar refractivity (Wildman–Crippen MR) is 68.3 cm³/mol. The fourth-order valence-electron chi connectivity index (χ4n) is 3.11. The van der Waals surface area contributed by atoms with Crippen LogP contribution < -0.4 is 10.9 Å². The van der Waals surface area contributed by atoms with Gasteiger partial charge in [0, 0.05) is 36.7 Å². The molecule has 1 fully saturated rings. The van der Waals surface area contributed by atoms with E-state index in [1.165, 1.54) is 10.6 Å². The molecule has 0 unspecified atom stereocenters. The molecule has 0 radical (unpaired) electrons. The van der Waals surface area contributed by atoms with Gasteiger partial charge in [-0.3, -0.25) is 9.36 Å². The van der Waals surface area contributed by atoms with Crippen molar-refractivity contribution in [3.8, 4) is 0 Å². The molecule has 5 nitrogen and oxygen atoms in total. The molecule has 3 rings (SSSR count). The third-order valence-electron chi connectivity index (χ3n) is 3.80. The number of carboxylic acids is 1. The molecule has 1 aromatic rings. The van der Waals surface area contributed by atoms with Gasteiger partial charge in [0.1, 0.15) is 6.04 Å². The SMILES string of the molecule is Cl.O=C(O)[C@H]1[C@@H]2CNC[C@@H](C2)c2cccc(=O)n21. The molecule has 0 aliphatic carbocycles. The first-order valence-corrected chi connectivity index (χ1v) is 5.83. The second-order valence-corrected chi connectivity index (χ2v) is 4.79. The molecule has 0 aromatic carbocycles. The van der Waals surface area contributed by atoms with Gasteiger partial charge in [-0.05, 0) is 12.5 Å². The van der Waals surface area contributed by atoms with Crippen LogP contribution in [0.15, 0.2) is 23.0 Å². The number of rotatable bonds is 1. The van der Waals surface area contributed by atoms with E-state index < -0.39 is 12.0 Å². The molecule has 98 valence electrons. The smallest absolute Gasteiger partial charge is 0.327 e. The number of carbonyl (C=O) groups is 1. The minimum Gasteiger partial charge on any atom is -0.480 e. The van der Waals surface area contributed by atoms with Gasteiger partial charge in [0.2, 0.25) is 0 Å². The van der Waals surface area contributed by atoms with E-state index >= 15 is 0 Å². The van der Waals surface area contributed by atoms with Gasteiger partial charge in [0.15, 0.2) is 0 Å². The lowest BCUT2D eigenvalue weighted by Gasteiger charge is -2.41. The lowest BCUT2D eigenvalue weighted by Crippen LogP contribution is -2.49. The van der Waals surface area contributed by atoms with Crippen LogP contribution in [0.4, 0.5) is 0 Å². The molecule has 2 bridgehead atoms. The molecule has 6 heteroatoms. The highest BCUT2D eigenvalue weighted by atomic mass is 35.5. The molecule has 2 aliphatic rings. The normalized spacial score (nSPS) is 29.0. The fourth-order valence-corrected chi connectivity index (χ4v) is 3.11. The number of halogens is 1. The zero-order valence-electron chi connectivity index (χ0n) is 9.70. The van der Waals surface area contributed by atoms with Gasteiger partial charge in [0.25, 0.3) is 5.56 Å². The van der Waals surface area contributed by atoms with E-state index in [0.29, 0.717) is 6.54 Å². The highest BCUT2D eigenvalue weighted by Crippen LogP contribution is 2.38. The van der Waals surface area contributed by atoms with Crippen molar-refractivity contribution in [2.45, 2.75) is 18.4 Å². The Morgan fingerprint density at radius 3 is 2.89 bits per heavy atom. The molecule has 0 amide bonds. The van der Waals surface area contributed by atoms with E-state index in [-0.39, 0.29) is 29.8 Å². The second kappa shape index (κ2) is 4.74. The van der Waals surface area contributed by atoms with E-state index in [1.54, 1.807) is 6.07 Å². The van der Waals surface area contributed by atoms with Crippen LogP contribution in [0.25, 0.3) is 0 Å². The maximum absolute atomic E-state index is 11.9. The summed E-state index contributed by atoms with van der Waals surface area (Å²) < 4.78 is 1.47. The summed E-state index contributed by atoms with van der Waals surface area (Å²) in [5.41, 5.74) is 0.653. The number of hydrogen-bond acceptors (Lipinski definition) is 3. The number of fused-ring (bicyclic) bond motifs is 4. The van der Waals surface area contributed by atoms with Crippen LogP contribution in [-0.2, 0) is 4.79 Å². The van der Waals surface area contributed by atoms with Gasteiger partial charge in [-0.25, -0.2) is 4.79 Å². The lowest BCUT2D eigenvalue weighted by molar-refractivity contribution is -0.143. The third kappa shape index (κ3) is 1.83. The lowest BCUT2D eigenvalue weighted by atomic mass is 9.79. The van der Waals surface area contributed by atoms with E-state index in [1.807, 2.05) is 6.07 Å². The van der Waals surface area contributed by atoms with Gasteiger partial charge in [-0.2, -0.15) is 0 Å². The number of pyridine rings is 1. The Hall–Kier alpha value is -1.33. The molecular weight excluding hydrogens is 256 g/mol. The highest BCUT2D eigenvalue weighted by Gasteiger charge is 2.41. The number of carboxylic acid groups (broad SMARTS) is 1. The first-order chi connectivity index (χ1) is 8.18. The summed E-state index contributed by atoms with van der Waals surface area (Å²) in [5, 5.41) is 12.6. The first kappa shape index (κ1) is 13.1. The predicted octanol–water partition coefficient (Wildman–Crippen LogP) is 0.602. The molecule has 18 heavy (non-hydrogen) atoms. The maximum atomic E-state index is 11.9. The molecule has 1 aromatic heterocycles. The summed E-state index contributed by atoms with van der Waals surface area (Å²) in [6.45, 7) is 1.50. The Labute approximate surface area is 110 Å². The van der Waals surface area contributed by atoms with Crippen LogP contribution in [-0.4, -0.2) is 28.7 Å². The molecular formula is C12H15ClN2O3. The van der Waals surface area contributed by atoms with Gasteiger partial charge in [0.05, 0.1) is 0 Å². The summed E-state index contributed by atoms with van der Waals surface area (Å²) in [7, 11) is 0. The van der Waals surface area contributed by atoms with Crippen molar-refractivity contribution in [1.82, 2.24) is 9.88 Å². The Morgan fingerprint density at radius 2 is 2.17 bits per heavy atom. The van der Waals surface area contributed by atoms with Gasteiger partial charge >= 0.3 is 5.97 Å². The van der Waals surface area contributed by atoms with Crippen molar-refractivity contribution in [3.05, 3.63) is 34.2 Å². The minimum absolute atomic E-state index is 0. The third-order valence-corrected chi connectivity index (χ3v) is 3.80. The van der Waals surface area contributed by atoms with E-state index in [9.17, 15) is 14.7 Å². The average Bonchev–Trinajstić information content (AvgIpc) is 2.31. The van der Waals surface area contributed by atoms with Crippen LogP contribution in [0.1, 0.15) is 24.1 Å². The molecule has 3 heterocycles. The summed E-state index contributed by atoms with van der Waals surface area (Å²) in [6.07, 6.45) is 0.855. The topological polar surface area (TPSA) is 71.3 Å². The zero-order chi connectivity index (χ0) is 12.0. The Bertz CT molecular complexity index is 528. The number of hydrogen-bond donors (Lipinski definition) is 2. The van der Waals surface area contributed by atoms with Crippen molar-refractivity contribution in [1.29, 1.82) is 0 Å². The number of nitrogens with one attached hydrogen (secondary N) is 1. The monoisotopic (exact) mass is 270 g/mol. The summed E-state index contributed by atoms with van der Waals surface area (Å²) >= 11 is 0. The molecule has 1 saturated heterocycles. The fraction of sp³-hybridized carbons (Fsp3) is 0.500. The summed E-state index contributed by atoms with van der Waals surface area (Å²) in [5.74, 6) is -0.635. The van der Waals surface area contributed by atoms with Crippen molar-refractivity contribution in [2.75, 3.05) is 13.1 Å². The first-order valence-electron chi connectivity index (χ1n) is 5.83. The van der Waals surface area contributed by atoms with Crippen LogP contribution >= 0.6 is 12.4 Å². The quantitative estimate of drug-likeness (QED) is 0.784. The minimum atomic E-state index is -0.910. The van der Waals surface area contributed by atoms with Gasteiger partial charge < -0.3 is 10.4 Å². The van der Waals surface area contributed by atoms with Gasteiger partial charge in [-0.1, -0.05) is 6.07 Å². The van der Waals surface area contributed by atoms with Crippen molar-refractivity contribution in [3.63, 3.8) is 0 Å². The largest absolute Gasteiger partial charge is 0.480 e. The second-order valence-electron chi connectivity index (χ2n) is 4.79. The summed E-state index contributed by atoms with van der Waals surface area (Å²) in [6, 6.07) is 4.30. The molecule has 2 aliphatic heterocycles. The van der Waals surface area contributed by atoms with Crippen LogP contribution in [0.5, 0.6) is 0 Å². The van der Waals surface area contributed by atoms with Crippen LogP contribution in [0.3, 0.4) is 0 Å². The van der Waals surface area contributed by atoms with Crippen molar-refractivity contribution >= 4 is 18.4 Å². The van der Waals surface area contributed by atoms with Crippen LogP contribution in [0.2, 0.25) is 0 Å². The Morgan fingerprint density at radius 1 is 1.39 bits per heavy atom. The Balaban J connectivity index is 0.00000120. The number of piperidine rings is 1. The standard InChI is InChI=1S/C12H14N2O3.ClH/c15-10-3-1-2-9-7-4-8(6-13-5-7)11(12(16)17)14(9)10;/h1-3,7-8,11,13H,4-6H2,(H,16,17);1H/t7-,8+,11-;/m1./s1. The maximum Gasteiger partial charge on any atom is 0.327 e. The average molecular weight is 271 g/mol. The van der Waals surface area contributed by atoms with Crippen LogP contribution in [0, 0.1) is 5.92 Å². The highest BCUT2D eigenvalue weighted by molar-refractivity contribution is 5.85. The van der Waals surface area contributed by atoms with E-state index in [4.69, 9.17) is 0 Å². The molecule has 3 atom stereocenters. The Kier molecular flexibility index (Phi) is 3.45. The van der Waals surface area contributed by atoms with Crippen molar-refractivity contribution in [2.24, 2.45) is 5.92 Å².